The van der Waals surface area contributed by atoms with Gasteiger partial charge in [0.05, 0.1) is 0 Å². The van der Waals surface area contributed by atoms with Crippen molar-refractivity contribution in [3.63, 3.8) is 0 Å². The number of hydrogen-bond acceptors (Lipinski definition) is 1. The molecule has 3 heteroatoms. The van der Waals surface area contributed by atoms with Crippen LogP contribution in [0.1, 0.15) is 38.5 Å². The molecule has 1 aliphatic carbocycles. The van der Waals surface area contributed by atoms with E-state index in [4.69, 9.17) is 11.6 Å². The average Bonchev–Trinajstić information content (AvgIpc) is 2.90. The zero-order valence-corrected chi connectivity index (χ0v) is 12.7. The smallest absolute Gasteiger partial charge is 0.0499 e. The molecule has 0 bridgehead atoms. The molecule has 0 spiro atoms. The van der Waals surface area contributed by atoms with Crippen LogP contribution in [0.15, 0.2) is 30.5 Å². The molecule has 2 nitrogen and oxygen atoms in total. The van der Waals surface area contributed by atoms with E-state index in [0.29, 0.717) is 0 Å². The number of aromatic nitrogens is 1. The van der Waals surface area contributed by atoms with Gasteiger partial charge in [-0.1, -0.05) is 36.9 Å². The Balaban J connectivity index is 1.51. The summed E-state index contributed by atoms with van der Waals surface area (Å²) in [6.45, 7) is 2.18. The summed E-state index contributed by atoms with van der Waals surface area (Å²) < 4.78 is 2.31. The maximum absolute atomic E-state index is 6.21. The van der Waals surface area contributed by atoms with Crippen LogP contribution < -0.4 is 5.32 Å². The molecule has 20 heavy (non-hydrogen) atoms. The summed E-state index contributed by atoms with van der Waals surface area (Å²) in [4.78, 5) is 0. The van der Waals surface area contributed by atoms with Gasteiger partial charge in [0.15, 0.2) is 0 Å². The van der Waals surface area contributed by atoms with Gasteiger partial charge >= 0.3 is 0 Å². The van der Waals surface area contributed by atoms with Crippen LogP contribution in [0.3, 0.4) is 0 Å². The van der Waals surface area contributed by atoms with E-state index < -0.39 is 0 Å². The van der Waals surface area contributed by atoms with Gasteiger partial charge in [-0.3, -0.25) is 0 Å². The zero-order chi connectivity index (χ0) is 13.8. The zero-order valence-electron chi connectivity index (χ0n) is 11.9. The van der Waals surface area contributed by atoms with Crippen molar-refractivity contribution in [3.05, 3.63) is 35.5 Å². The first-order valence-corrected chi connectivity index (χ1v) is 8.19. The van der Waals surface area contributed by atoms with Gasteiger partial charge < -0.3 is 9.88 Å². The van der Waals surface area contributed by atoms with Crippen molar-refractivity contribution in [3.8, 4) is 0 Å². The Hall–Kier alpha value is -0.990. The fourth-order valence-electron chi connectivity index (χ4n) is 3.24. The number of rotatable bonds is 5. The van der Waals surface area contributed by atoms with Crippen molar-refractivity contribution in [2.24, 2.45) is 0 Å². The second-order valence-electron chi connectivity index (χ2n) is 5.82. The number of aryl methyl sites for hydroxylation is 1. The maximum Gasteiger partial charge on any atom is 0.0499 e. The number of halogens is 1. The highest BCUT2D eigenvalue weighted by Gasteiger charge is 2.11. The van der Waals surface area contributed by atoms with E-state index in [0.717, 1.165) is 29.5 Å². The Bertz CT molecular complexity index is 555. The minimum absolute atomic E-state index is 0.764. The topological polar surface area (TPSA) is 17.0 Å². The van der Waals surface area contributed by atoms with Crippen molar-refractivity contribution >= 4 is 22.5 Å². The summed E-state index contributed by atoms with van der Waals surface area (Å²) >= 11 is 6.21. The molecule has 1 aromatic heterocycles. The third-order valence-electron chi connectivity index (χ3n) is 4.37. The Morgan fingerprint density at radius 1 is 1.15 bits per heavy atom. The Labute approximate surface area is 126 Å². The molecule has 0 amide bonds. The fourth-order valence-corrected chi connectivity index (χ4v) is 3.48. The van der Waals surface area contributed by atoms with Crippen molar-refractivity contribution in [1.29, 1.82) is 0 Å². The molecule has 0 saturated heterocycles. The van der Waals surface area contributed by atoms with Gasteiger partial charge in [0.1, 0.15) is 0 Å². The Morgan fingerprint density at radius 2 is 2.00 bits per heavy atom. The third kappa shape index (κ3) is 3.18. The van der Waals surface area contributed by atoms with Crippen LogP contribution in [0.25, 0.3) is 10.9 Å². The van der Waals surface area contributed by atoms with Crippen LogP contribution in [0, 0.1) is 0 Å². The standard InChI is InChI=1S/C17H23ClN2/c18-16-8-4-9-17-15(16)10-13-20(17)12-5-11-19-14-6-2-1-3-7-14/h4,8-10,13-14,19H,1-3,5-7,11-12H2. The molecule has 1 N–H and O–H groups in total. The fraction of sp³-hybridized carbons (Fsp3) is 0.529. The lowest BCUT2D eigenvalue weighted by Crippen LogP contribution is -2.32. The molecule has 1 heterocycles. The van der Waals surface area contributed by atoms with Crippen LogP contribution in [0.5, 0.6) is 0 Å². The summed E-state index contributed by atoms with van der Waals surface area (Å²) in [7, 11) is 0. The van der Waals surface area contributed by atoms with Gasteiger partial charge in [-0.15, -0.1) is 0 Å². The van der Waals surface area contributed by atoms with Crippen molar-refractivity contribution in [2.75, 3.05) is 6.54 Å². The van der Waals surface area contributed by atoms with Crippen LogP contribution in [-0.4, -0.2) is 17.2 Å². The van der Waals surface area contributed by atoms with Crippen molar-refractivity contribution in [1.82, 2.24) is 9.88 Å². The summed E-state index contributed by atoms with van der Waals surface area (Å²) in [6, 6.07) is 9.02. The van der Waals surface area contributed by atoms with Crippen LogP contribution in [0.2, 0.25) is 5.02 Å². The second-order valence-corrected chi connectivity index (χ2v) is 6.23. The van der Waals surface area contributed by atoms with Crippen LogP contribution >= 0.6 is 11.6 Å². The largest absolute Gasteiger partial charge is 0.347 e. The lowest BCUT2D eigenvalue weighted by molar-refractivity contribution is 0.369. The van der Waals surface area contributed by atoms with Gasteiger partial charge in [0.25, 0.3) is 0 Å². The number of benzene rings is 1. The molecule has 1 aliphatic rings. The van der Waals surface area contributed by atoms with E-state index in [-0.39, 0.29) is 0 Å². The van der Waals surface area contributed by atoms with Crippen LogP contribution in [0.4, 0.5) is 0 Å². The van der Waals surface area contributed by atoms with E-state index in [9.17, 15) is 0 Å². The molecule has 2 aromatic rings. The molecular weight excluding hydrogens is 268 g/mol. The van der Waals surface area contributed by atoms with Gasteiger partial charge in [0, 0.05) is 34.7 Å². The van der Waals surface area contributed by atoms with E-state index in [1.54, 1.807) is 0 Å². The summed E-state index contributed by atoms with van der Waals surface area (Å²) in [5, 5.41) is 5.71. The van der Waals surface area contributed by atoms with Gasteiger partial charge in [-0.2, -0.15) is 0 Å². The van der Waals surface area contributed by atoms with E-state index in [1.165, 1.54) is 44.0 Å². The molecule has 1 saturated carbocycles. The molecule has 3 rings (SSSR count). The molecular formula is C17H23ClN2. The summed E-state index contributed by atoms with van der Waals surface area (Å²) in [5.41, 5.74) is 1.25. The summed E-state index contributed by atoms with van der Waals surface area (Å²) in [5.74, 6) is 0. The number of nitrogens with one attached hydrogen (secondary N) is 1. The van der Waals surface area contributed by atoms with Crippen molar-refractivity contribution in [2.45, 2.75) is 51.1 Å². The monoisotopic (exact) mass is 290 g/mol. The quantitative estimate of drug-likeness (QED) is 0.796. The molecule has 0 radical (unpaired) electrons. The maximum atomic E-state index is 6.21. The SMILES string of the molecule is Clc1cccc2c1ccn2CCCNC1CCCCC1. The van der Waals surface area contributed by atoms with Gasteiger partial charge in [-0.05, 0) is 44.0 Å². The first-order chi connectivity index (χ1) is 9.84. The average molecular weight is 291 g/mol. The minimum Gasteiger partial charge on any atom is -0.347 e. The van der Waals surface area contributed by atoms with Gasteiger partial charge in [0.2, 0.25) is 0 Å². The molecule has 0 unspecified atom stereocenters. The first kappa shape index (κ1) is 14.0. The summed E-state index contributed by atoms with van der Waals surface area (Å²) in [6.07, 6.45) is 10.3. The number of fused-ring (bicyclic) bond motifs is 1. The highest BCUT2D eigenvalue weighted by molar-refractivity contribution is 6.35. The van der Waals surface area contributed by atoms with Crippen molar-refractivity contribution < 1.29 is 0 Å². The predicted molar refractivity (Wildman–Crippen MR) is 86.4 cm³/mol. The molecule has 1 fully saturated rings. The number of hydrogen-bond donors (Lipinski definition) is 1. The second kappa shape index (κ2) is 6.64. The third-order valence-corrected chi connectivity index (χ3v) is 4.70. The number of nitrogens with zero attached hydrogens (tertiary/aromatic N) is 1. The van der Waals surface area contributed by atoms with E-state index in [2.05, 4.69) is 28.2 Å². The highest BCUT2D eigenvalue weighted by atomic mass is 35.5. The molecule has 0 aliphatic heterocycles. The molecule has 108 valence electrons. The Kier molecular flexibility index (Phi) is 4.64. The van der Waals surface area contributed by atoms with E-state index >= 15 is 0 Å². The first-order valence-electron chi connectivity index (χ1n) is 7.81. The Morgan fingerprint density at radius 3 is 2.85 bits per heavy atom. The van der Waals surface area contributed by atoms with E-state index in [1.807, 2.05) is 12.1 Å². The van der Waals surface area contributed by atoms with Crippen LogP contribution in [-0.2, 0) is 6.54 Å². The molecule has 0 atom stereocenters. The predicted octanol–water partition coefficient (Wildman–Crippen LogP) is 4.61. The molecule has 1 aromatic carbocycles. The normalized spacial score (nSPS) is 16.9. The lowest BCUT2D eigenvalue weighted by Gasteiger charge is -2.22. The lowest BCUT2D eigenvalue weighted by atomic mass is 9.95. The highest BCUT2D eigenvalue weighted by Crippen LogP contribution is 2.24. The van der Waals surface area contributed by atoms with Gasteiger partial charge in [-0.25, -0.2) is 0 Å². The minimum atomic E-state index is 0.764.